The highest BCUT2D eigenvalue weighted by atomic mass is 32.2. The van der Waals surface area contributed by atoms with Gasteiger partial charge in [-0.1, -0.05) is 49.9 Å². The summed E-state index contributed by atoms with van der Waals surface area (Å²) in [6.07, 6.45) is -0.195. The van der Waals surface area contributed by atoms with Gasteiger partial charge in [-0.05, 0) is 90.6 Å². The molecule has 9 nitrogen and oxygen atoms in total. The van der Waals surface area contributed by atoms with Gasteiger partial charge in [-0.3, -0.25) is 14.5 Å². The Morgan fingerprint density at radius 2 is 1.77 bits per heavy atom. The number of anilines is 1. The molecule has 48 heavy (non-hydrogen) atoms. The van der Waals surface area contributed by atoms with Crippen molar-refractivity contribution in [2.45, 2.75) is 57.7 Å². The van der Waals surface area contributed by atoms with Crippen LogP contribution in [0.4, 0.5) is 18.9 Å². The van der Waals surface area contributed by atoms with Crippen molar-refractivity contribution in [3.8, 4) is 28.6 Å². The molecular weight excluding hydrogens is 643 g/mol. The summed E-state index contributed by atoms with van der Waals surface area (Å²) in [5, 5.41) is 4.90. The molecule has 1 aromatic heterocycles. The summed E-state index contributed by atoms with van der Waals surface area (Å²) in [5.41, 5.74) is 4.20. The van der Waals surface area contributed by atoms with Gasteiger partial charge in [0.1, 0.15) is 17.8 Å². The van der Waals surface area contributed by atoms with Crippen LogP contribution in [0.15, 0.2) is 78.0 Å². The summed E-state index contributed by atoms with van der Waals surface area (Å²) in [6.45, 7) is 4.10. The van der Waals surface area contributed by atoms with Crippen LogP contribution in [0.1, 0.15) is 62.5 Å². The number of thioether (sulfide) groups is 1. The van der Waals surface area contributed by atoms with E-state index in [1.807, 2.05) is 42.5 Å². The summed E-state index contributed by atoms with van der Waals surface area (Å²) in [4.78, 5) is 36.4. The number of nitrogens with zero attached hydrogens (tertiary/aromatic N) is 5. The van der Waals surface area contributed by atoms with Gasteiger partial charge in [-0.25, -0.2) is 9.67 Å². The van der Waals surface area contributed by atoms with Crippen molar-refractivity contribution in [2.24, 2.45) is 10.9 Å². The lowest BCUT2D eigenvalue weighted by molar-refractivity contribution is -0.274. The third-order valence-corrected chi connectivity index (χ3v) is 9.48. The first kappa shape index (κ1) is 33.3. The maximum Gasteiger partial charge on any atom is 0.573 e. The first-order chi connectivity index (χ1) is 23.0. The third-order valence-electron chi connectivity index (χ3n) is 8.55. The molecule has 0 N–H and O–H groups in total. The number of rotatable bonds is 9. The second kappa shape index (κ2) is 13.8. The largest absolute Gasteiger partial charge is 0.573 e. The smallest absolute Gasteiger partial charge is 0.497 e. The van der Waals surface area contributed by atoms with Gasteiger partial charge in [0.25, 0.3) is 0 Å². The SMILES string of the molecule is COc1ccc(N2C(=O)CSC2=NC(=O)CC2CCC(c3ccc(-c4ncn(-c5ccc(OC(F)(F)F)cc5)n4)cc3)C2)c(C(C)C)c1. The van der Waals surface area contributed by atoms with Crippen LogP contribution in [0.3, 0.4) is 0 Å². The Morgan fingerprint density at radius 1 is 1.04 bits per heavy atom. The number of ether oxygens (including phenoxy) is 2. The number of alkyl halides is 3. The van der Waals surface area contributed by atoms with Crippen molar-refractivity contribution in [3.05, 3.63) is 84.2 Å². The number of amidine groups is 1. The van der Waals surface area contributed by atoms with Crippen LogP contribution >= 0.6 is 11.8 Å². The summed E-state index contributed by atoms with van der Waals surface area (Å²) >= 11 is 1.29. The molecule has 1 aliphatic heterocycles. The minimum Gasteiger partial charge on any atom is -0.497 e. The first-order valence-electron chi connectivity index (χ1n) is 15.6. The zero-order valence-corrected chi connectivity index (χ0v) is 27.4. The minimum atomic E-state index is -4.75. The number of carbonyl (C=O) groups excluding carboxylic acids is 2. The van der Waals surface area contributed by atoms with E-state index in [0.717, 1.165) is 36.1 Å². The zero-order chi connectivity index (χ0) is 34.0. The van der Waals surface area contributed by atoms with Crippen molar-refractivity contribution in [2.75, 3.05) is 17.8 Å². The summed E-state index contributed by atoms with van der Waals surface area (Å²) in [5.74, 6) is 1.44. The Morgan fingerprint density at radius 3 is 2.46 bits per heavy atom. The maximum absolute atomic E-state index is 13.2. The van der Waals surface area contributed by atoms with Crippen molar-refractivity contribution in [3.63, 3.8) is 0 Å². The first-order valence-corrected chi connectivity index (χ1v) is 16.6. The van der Waals surface area contributed by atoms with E-state index in [0.29, 0.717) is 34.8 Å². The molecule has 3 aromatic carbocycles. The molecule has 2 aliphatic rings. The molecule has 1 saturated carbocycles. The maximum atomic E-state index is 13.2. The predicted octanol–water partition coefficient (Wildman–Crippen LogP) is 7.90. The second-order valence-electron chi connectivity index (χ2n) is 12.1. The Bertz CT molecular complexity index is 1820. The number of hydrogen-bond acceptors (Lipinski definition) is 7. The molecule has 6 rings (SSSR count). The van der Waals surface area contributed by atoms with E-state index in [1.54, 1.807) is 12.0 Å². The monoisotopic (exact) mass is 677 g/mol. The van der Waals surface area contributed by atoms with Crippen LogP contribution in [0.2, 0.25) is 0 Å². The fourth-order valence-electron chi connectivity index (χ4n) is 6.19. The Balaban J connectivity index is 1.07. The molecule has 1 aliphatic carbocycles. The van der Waals surface area contributed by atoms with E-state index in [9.17, 15) is 22.8 Å². The molecule has 0 radical (unpaired) electrons. The van der Waals surface area contributed by atoms with Gasteiger partial charge in [0.05, 0.1) is 24.2 Å². The van der Waals surface area contributed by atoms with Crippen molar-refractivity contribution in [1.82, 2.24) is 14.8 Å². The van der Waals surface area contributed by atoms with Crippen LogP contribution in [0, 0.1) is 5.92 Å². The second-order valence-corrected chi connectivity index (χ2v) is 13.1. The van der Waals surface area contributed by atoms with Crippen LogP contribution in [-0.4, -0.2) is 51.0 Å². The van der Waals surface area contributed by atoms with Gasteiger partial charge in [-0.2, -0.15) is 4.99 Å². The number of carbonyl (C=O) groups is 2. The Hall–Kier alpha value is -4.65. The molecule has 4 aromatic rings. The fraction of sp³-hybridized carbons (Fsp3) is 0.343. The Labute approximate surface area is 280 Å². The highest BCUT2D eigenvalue weighted by Crippen LogP contribution is 2.41. The summed E-state index contributed by atoms with van der Waals surface area (Å²) < 4.78 is 48.2. The van der Waals surface area contributed by atoms with E-state index in [2.05, 4.69) is 33.7 Å². The molecule has 1 saturated heterocycles. The predicted molar refractivity (Wildman–Crippen MR) is 178 cm³/mol. The van der Waals surface area contributed by atoms with Crippen LogP contribution in [0.5, 0.6) is 11.5 Å². The molecule has 2 unspecified atom stereocenters. The lowest BCUT2D eigenvalue weighted by atomic mass is 9.94. The number of hydrogen-bond donors (Lipinski definition) is 0. The lowest BCUT2D eigenvalue weighted by Crippen LogP contribution is -2.31. The van der Waals surface area contributed by atoms with E-state index in [1.165, 1.54) is 52.6 Å². The van der Waals surface area contributed by atoms with Crippen LogP contribution in [-0.2, 0) is 9.59 Å². The number of halogens is 3. The molecular formula is C35H34F3N5O4S. The number of benzene rings is 3. The molecule has 0 bridgehead atoms. The number of aliphatic imine (C=N–C) groups is 1. The molecule has 0 spiro atoms. The molecule has 2 heterocycles. The Kier molecular flexibility index (Phi) is 9.58. The van der Waals surface area contributed by atoms with E-state index in [4.69, 9.17) is 4.74 Å². The molecule has 250 valence electrons. The van der Waals surface area contributed by atoms with Gasteiger partial charge in [-0.15, -0.1) is 18.3 Å². The fourth-order valence-corrected chi connectivity index (χ4v) is 7.07. The number of amides is 2. The van der Waals surface area contributed by atoms with Gasteiger partial charge in [0.2, 0.25) is 11.8 Å². The van der Waals surface area contributed by atoms with Gasteiger partial charge in [0.15, 0.2) is 11.0 Å². The van der Waals surface area contributed by atoms with Gasteiger partial charge >= 0.3 is 6.36 Å². The summed E-state index contributed by atoms with van der Waals surface area (Å²) in [7, 11) is 1.61. The average Bonchev–Trinajstić information content (AvgIpc) is 3.81. The van der Waals surface area contributed by atoms with Gasteiger partial charge in [0, 0.05) is 12.0 Å². The molecule has 2 amide bonds. The average molecular weight is 678 g/mol. The van der Waals surface area contributed by atoms with Gasteiger partial charge < -0.3 is 9.47 Å². The number of methoxy groups -OCH3 is 1. The zero-order valence-electron chi connectivity index (χ0n) is 26.6. The molecule has 2 atom stereocenters. The molecule has 2 fully saturated rings. The van der Waals surface area contributed by atoms with E-state index < -0.39 is 6.36 Å². The normalized spacial score (nSPS) is 19.0. The summed E-state index contributed by atoms with van der Waals surface area (Å²) in [6, 6.07) is 19.0. The van der Waals surface area contributed by atoms with E-state index >= 15 is 0 Å². The van der Waals surface area contributed by atoms with Crippen molar-refractivity contribution < 1.29 is 32.2 Å². The standard InChI is InChI=1S/C35H34F3N5O4S/c1-21(2)29-18-28(46-3)14-15-30(29)43-32(45)19-48-34(43)40-31(44)17-22-4-5-25(16-22)23-6-8-24(9-7-23)33-39-20-42(41-33)26-10-12-27(13-11-26)47-35(36,37)38/h6-15,18,20-22,25H,4-5,16-17,19H2,1-3H3. The highest BCUT2D eigenvalue weighted by Gasteiger charge is 2.34. The van der Waals surface area contributed by atoms with Crippen LogP contribution < -0.4 is 14.4 Å². The number of aromatic nitrogens is 3. The molecule has 13 heteroatoms. The quantitative estimate of drug-likeness (QED) is 0.178. The topological polar surface area (TPSA) is 98.9 Å². The lowest BCUT2D eigenvalue weighted by Gasteiger charge is -2.22. The highest BCUT2D eigenvalue weighted by molar-refractivity contribution is 8.15. The third kappa shape index (κ3) is 7.56. The minimum absolute atomic E-state index is 0.0985. The van der Waals surface area contributed by atoms with E-state index in [-0.39, 0.29) is 35.2 Å². The van der Waals surface area contributed by atoms with Crippen LogP contribution in [0.25, 0.3) is 17.1 Å². The van der Waals surface area contributed by atoms with Crippen molar-refractivity contribution >= 4 is 34.4 Å². The van der Waals surface area contributed by atoms with Crippen molar-refractivity contribution in [1.29, 1.82) is 0 Å².